The minimum absolute atomic E-state index is 0.0991. The molecular formula is C21H16ClFN6O4S. The second-order valence-electron chi connectivity index (χ2n) is 7.10. The minimum atomic E-state index is -0.579. The lowest BCUT2D eigenvalue weighted by Crippen LogP contribution is -2.20. The Kier molecular flexibility index (Phi) is 5.75. The Bertz CT molecular complexity index is 1410. The highest BCUT2D eigenvalue weighted by atomic mass is 35.5. The van der Waals surface area contributed by atoms with Gasteiger partial charge in [-0.25, -0.2) is 9.07 Å². The van der Waals surface area contributed by atoms with E-state index in [1.54, 1.807) is 18.2 Å². The number of fused-ring (bicyclic) bond motifs is 1. The molecule has 13 heteroatoms. The fourth-order valence-corrected chi connectivity index (χ4v) is 4.06. The van der Waals surface area contributed by atoms with E-state index >= 15 is 0 Å². The highest BCUT2D eigenvalue weighted by Gasteiger charge is 2.24. The van der Waals surface area contributed by atoms with Gasteiger partial charge in [-0.2, -0.15) is 10.1 Å². The number of nitrogen functional groups attached to an aromatic ring is 1. The van der Waals surface area contributed by atoms with E-state index in [1.807, 2.05) is 6.26 Å². The average Bonchev–Trinajstić information content (AvgIpc) is 3.55. The number of benzene rings is 2. The zero-order valence-electron chi connectivity index (χ0n) is 17.5. The van der Waals surface area contributed by atoms with Gasteiger partial charge in [-0.3, -0.25) is 4.79 Å². The number of anilines is 2. The summed E-state index contributed by atoms with van der Waals surface area (Å²) in [6, 6.07) is 9.19. The van der Waals surface area contributed by atoms with Crippen molar-refractivity contribution < 1.29 is 23.2 Å². The second kappa shape index (κ2) is 8.88. The van der Waals surface area contributed by atoms with E-state index in [1.165, 1.54) is 28.6 Å². The van der Waals surface area contributed by atoms with Crippen LogP contribution >= 0.6 is 23.4 Å². The molecule has 4 aromatic rings. The Hall–Kier alpha value is -3.77. The predicted octanol–water partition coefficient (Wildman–Crippen LogP) is 4.06. The Morgan fingerprint density at radius 1 is 1.26 bits per heavy atom. The van der Waals surface area contributed by atoms with E-state index in [0.717, 1.165) is 6.07 Å². The van der Waals surface area contributed by atoms with Crippen molar-refractivity contribution >= 4 is 40.8 Å². The Morgan fingerprint density at radius 3 is 2.88 bits per heavy atom. The lowest BCUT2D eigenvalue weighted by Gasteiger charge is -2.07. The molecule has 0 spiro atoms. The molecule has 0 aliphatic carbocycles. The number of hydrogen-bond donors (Lipinski definition) is 2. The quantitative estimate of drug-likeness (QED) is 0.374. The van der Waals surface area contributed by atoms with Gasteiger partial charge < -0.3 is 25.0 Å². The van der Waals surface area contributed by atoms with Crippen molar-refractivity contribution in [1.29, 1.82) is 0 Å². The molecule has 0 fully saturated rings. The second-order valence-corrected chi connectivity index (χ2v) is 8.30. The van der Waals surface area contributed by atoms with E-state index < -0.39 is 11.7 Å². The van der Waals surface area contributed by atoms with Gasteiger partial charge in [0.2, 0.25) is 18.5 Å². The van der Waals surface area contributed by atoms with Gasteiger partial charge in [-0.15, -0.1) is 11.8 Å². The summed E-state index contributed by atoms with van der Waals surface area (Å²) in [5.41, 5.74) is 7.73. The number of hydrogen-bond acceptors (Lipinski definition) is 9. The molecule has 174 valence electrons. The van der Waals surface area contributed by atoms with Crippen LogP contribution in [-0.4, -0.2) is 38.9 Å². The summed E-state index contributed by atoms with van der Waals surface area (Å²) in [5.74, 6) is 0.897. The number of carbonyl (C=O) groups is 1. The summed E-state index contributed by atoms with van der Waals surface area (Å²) in [4.78, 5) is 17.0. The summed E-state index contributed by atoms with van der Waals surface area (Å²) in [6.07, 6.45) is 1.81. The van der Waals surface area contributed by atoms with Crippen molar-refractivity contribution in [3.05, 3.63) is 47.2 Å². The summed E-state index contributed by atoms with van der Waals surface area (Å²) >= 11 is 7.08. The fourth-order valence-electron chi connectivity index (χ4n) is 3.30. The van der Waals surface area contributed by atoms with Crippen LogP contribution in [0.2, 0.25) is 5.02 Å². The molecule has 2 aromatic carbocycles. The molecule has 3 N–H and O–H groups in total. The number of rotatable bonds is 6. The van der Waals surface area contributed by atoms with Gasteiger partial charge in [-0.05, 0) is 42.7 Å². The number of ether oxygens (including phenoxy) is 2. The first-order valence-electron chi connectivity index (χ1n) is 9.82. The first-order chi connectivity index (χ1) is 16.4. The van der Waals surface area contributed by atoms with Crippen LogP contribution in [0.4, 0.5) is 15.9 Å². The van der Waals surface area contributed by atoms with E-state index in [9.17, 15) is 9.18 Å². The smallest absolute Gasteiger partial charge is 0.264 e. The maximum atomic E-state index is 13.3. The summed E-state index contributed by atoms with van der Waals surface area (Å²) in [7, 11) is 0. The van der Waals surface area contributed by atoms with Crippen LogP contribution in [-0.2, 0) is 11.3 Å². The van der Waals surface area contributed by atoms with Crippen molar-refractivity contribution in [2.24, 2.45) is 0 Å². The van der Waals surface area contributed by atoms with Crippen LogP contribution in [0.15, 0.2) is 45.9 Å². The molecule has 5 rings (SSSR count). The van der Waals surface area contributed by atoms with Crippen molar-refractivity contribution in [1.82, 2.24) is 19.9 Å². The van der Waals surface area contributed by atoms with Crippen molar-refractivity contribution in [2.75, 3.05) is 24.1 Å². The highest BCUT2D eigenvalue weighted by Crippen LogP contribution is 2.37. The number of nitrogens with one attached hydrogen (secondary N) is 1. The first-order valence-corrected chi connectivity index (χ1v) is 11.4. The van der Waals surface area contributed by atoms with E-state index in [4.69, 9.17) is 31.3 Å². The van der Waals surface area contributed by atoms with Gasteiger partial charge >= 0.3 is 0 Å². The molecule has 0 saturated heterocycles. The third-order valence-electron chi connectivity index (χ3n) is 4.92. The van der Waals surface area contributed by atoms with Crippen molar-refractivity contribution in [3.63, 3.8) is 0 Å². The molecule has 1 aliphatic rings. The van der Waals surface area contributed by atoms with E-state index in [2.05, 4.69) is 20.6 Å². The van der Waals surface area contributed by atoms with Crippen LogP contribution in [0.1, 0.15) is 0 Å². The fraction of sp³-hybridized carbons (Fsp3) is 0.143. The van der Waals surface area contributed by atoms with Crippen LogP contribution in [0.3, 0.4) is 0 Å². The molecular weight excluding hydrogens is 487 g/mol. The molecule has 10 nitrogen and oxygen atoms in total. The van der Waals surface area contributed by atoms with Crippen LogP contribution in [0.5, 0.6) is 11.5 Å². The Balaban J connectivity index is 1.38. The molecule has 0 radical (unpaired) electrons. The van der Waals surface area contributed by atoms with Gasteiger partial charge in [0.15, 0.2) is 11.5 Å². The molecule has 0 atom stereocenters. The summed E-state index contributed by atoms with van der Waals surface area (Å²) in [5, 5.41) is 11.5. The zero-order valence-corrected chi connectivity index (χ0v) is 19.1. The van der Waals surface area contributed by atoms with Crippen LogP contribution < -0.4 is 20.5 Å². The first kappa shape index (κ1) is 22.0. The van der Waals surface area contributed by atoms with Crippen LogP contribution in [0, 0.1) is 5.82 Å². The number of thioether (sulfide) groups is 1. The predicted molar refractivity (Wildman–Crippen MR) is 123 cm³/mol. The molecule has 2 aromatic heterocycles. The normalized spacial score (nSPS) is 12.2. The van der Waals surface area contributed by atoms with E-state index in [0.29, 0.717) is 39.2 Å². The lowest BCUT2D eigenvalue weighted by atomic mass is 10.2. The summed E-state index contributed by atoms with van der Waals surface area (Å²) < 4.78 is 30.8. The Morgan fingerprint density at radius 2 is 2.09 bits per heavy atom. The maximum absolute atomic E-state index is 13.3. The topological polar surface area (TPSA) is 130 Å². The van der Waals surface area contributed by atoms with Gasteiger partial charge in [0, 0.05) is 11.3 Å². The van der Waals surface area contributed by atoms with Gasteiger partial charge in [-0.1, -0.05) is 16.8 Å². The number of nitrogens with two attached hydrogens (primary N) is 1. The van der Waals surface area contributed by atoms with Gasteiger partial charge in [0.05, 0.1) is 5.02 Å². The number of carbonyl (C=O) groups excluding carboxylic acids is 1. The maximum Gasteiger partial charge on any atom is 0.264 e. The highest BCUT2D eigenvalue weighted by molar-refractivity contribution is 7.98. The minimum Gasteiger partial charge on any atom is -0.454 e. The Labute approximate surface area is 201 Å². The largest absolute Gasteiger partial charge is 0.454 e. The zero-order chi connectivity index (χ0) is 23.8. The monoisotopic (exact) mass is 502 g/mol. The third kappa shape index (κ3) is 4.13. The summed E-state index contributed by atoms with van der Waals surface area (Å²) in [6.45, 7) is -0.0393. The van der Waals surface area contributed by atoms with Gasteiger partial charge in [0.25, 0.3) is 5.89 Å². The van der Waals surface area contributed by atoms with Gasteiger partial charge in [0.1, 0.15) is 28.8 Å². The number of amides is 1. The van der Waals surface area contributed by atoms with E-state index in [-0.39, 0.29) is 30.1 Å². The van der Waals surface area contributed by atoms with Crippen LogP contribution in [0.25, 0.3) is 22.8 Å². The molecule has 0 unspecified atom stereocenters. The standard InChI is InChI=1S/C21H16ClFN6O4S/c1-34-21-17(20-26-19(28-33-20)10-2-5-14-15(6-10)32-9-31-14)18(24)29(27-21)8-16(30)25-11-3-4-13(23)12(22)7-11/h2-7H,8-9,24H2,1H3,(H,25,30). The average molecular weight is 503 g/mol. The lowest BCUT2D eigenvalue weighted by molar-refractivity contribution is -0.116. The molecule has 0 saturated carbocycles. The number of nitrogens with zero attached hydrogens (tertiary/aromatic N) is 4. The van der Waals surface area contributed by atoms with Crippen molar-refractivity contribution in [3.8, 4) is 34.3 Å². The molecule has 1 aliphatic heterocycles. The SMILES string of the molecule is CSc1nn(CC(=O)Nc2ccc(F)c(Cl)c2)c(N)c1-c1nc(-c2ccc3c(c2)OCO3)no1. The number of aromatic nitrogens is 4. The molecule has 3 heterocycles. The molecule has 34 heavy (non-hydrogen) atoms. The number of halogens is 2. The van der Waals surface area contributed by atoms with Crippen molar-refractivity contribution in [2.45, 2.75) is 11.6 Å². The molecule has 0 bridgehead atoms. The third-order valence-corrected chi connectivity index (χ3v) is 5.88. The molecule has 1 amide bonds.